The molecule has 1 unspecified atom stereocenters. The highest BCUT2D eigenvalue weighted by Crippen LogP contribution is 2.22. The van der Waals surface area contributed by atoms with E-state index < -0.39 is 0 Å². The summed E-state index contributed by atoms with van der Waals surface area (Å²) >= 11 is 5.97. The third kappa shape index (κ3) is 2.57. The number of nitrogens with zero attached hydrogens (tertiary/aromatic N) is 2. The average molecular weight is 270 g/mol. The molecule has 5 nitrogen and oxygen atoms in total. The topological polar surface area (TPSA) is 79.5 Å². The minimum Gasteiger partial charge on any atom is -0.394 e. The number of amides is 1. The minimum atomic E-state index is -0.258. The lowest BCUT2D eigenvalue weighted by Crippen LogP contribution is -2.46. The van der Waals surface area contributed by atoms with Gasteiger partial charge in [0.2, 0.25) is 0 Å². The summed E-state index contributed by atoms with van der Waals surface area (Å²) in [6.07, 6.45) is 2.76. The quantitative estimate of drug-likeness (QED) is 0.848. The van der Waals surface area contributed by atoms with Gasteiger partial charge in [-0.1, -0.05) is 11.6 Å². The lowest BCUT2D eigenvalue weighted by Gasteiger charge is -2.34. The molecule has 3 N–H and O–H groups in total. The highest BCUT2D eigenvalue weighted by Gasteiger charge is 2.28. The van der Waals surface area contributed by atoms with E-state index in [1.165, 1.54) is 0 Å². The molecule has 1 atom stereocenters. The number of halogens is 1. The summed E-state index contributed by atoms with van der Waals surface area (Å²) in [6, 6.07) is 2.97. The van der Waals surface area contributed by atoms with Gasteiger partial charge in [-0.2, -0.15) is 0 Å². The van der Waals surface area contributed by atoms with Gasteiger partial charge in [-0.25, -0.2) is 4.98 Å². The van der Waals surface area contributed by atoms with Gasteiger partial charge in [0, 0.05) is 6.54 Å². The Balaban J connectivity index is 2.26. The Morgan fingerprint density at radius 1 is 1.56 bits per heavy atom. The Labute approximate surface area is 111 Å². The molecule has 0 radical (unpaired) electrons. The highest BCUT2D eigenvalue weighted by atomic mass is 35.5. The van der Waals surface area contributed by atoms with Gasteiger partial charge in [0.05, 0.1) is 17.7 Å². The van der Waals surface area contributed by atoms with Crippen LogP contribution in [0.3, 0.4) is 0 Å². The number of likely N-dealkylation sites (tertiary alicyclic amines) is 1. The fourth-order valence-electron chi connectivity index (χ4n) is 2.20. The summed E-state index contributed by atoms with van der Waals surface area (Å²) in [7, 11) is 0. The molecule has 1 fully saturated rings. The Bertz CT molecular complexity index is 453. The van der Waals surface area contributed by atoms with Crippen molar-refractivity contribution in [2.45, 2.75) is 25.3 Å². The molecule has 1 amide bonds. The number of anilines is 1. The second-order valence-electron chi connectivity index (χ2n) is 4.40. The summed E-state index contributed by atoms with van der Waals surface area (Å²) in [5, 5.41) is 9.60. The van der Waals surface area contributed by atoms with Gasteiger partial charge in [0.15, 0.2) is 0 Å². The first-order chi connectivity index (χ1) is 8.63. The van der Waals surface area contributed by atoms with Crippen LogP contribution in [-0.2, 0) is 0 Å². The van der Waals surface area contributed by atoms with Crippen molar-refractivity contribution in [2.24, 2.45) is 0 Å². The third-order valence-electron chi connectivity index (χ3n) is 3.17. The largest absolute Gasteiger partial charge is 0.394 e. The fraction of sp³-hybridized carbons (Fsp3) is 0.500. The smallest absolute Gasteiger partial charge is 0.274 e. The molecule has 2 heterocycles. The monoisotopic (exact) mass is 269 g/mol. The first-order valence-electron chi connectivity index (χ1n) is 5.97. The van der Waals surface area contributed by atoms with Crippen molar-refractivity contribution in [1.82, 2.24) is 9.88 Å². The van der Waals surface area contributed by atoms with Crippen LogP contribution in [0.2, 0.25) is 5.02 Å². The molecular weight excluding hydrogens is 254 g/mol. The number of aromatic nitrogens is 1. The summed E-state index contributed by atoms with van der Waals surface area (Å²) in [6.45, 7) is 0.586. The van der Waals surface area contributed by atoms with E-state index in [0.717, 1.165) is 19.3 Å². The maximum Gasteiger partial charge on any atom is 0.274 e. The molecule has 0 spiro atoms. The van der Waals surface area contributed by atoms with Crippen LogP contribution in [0.25, 0.3) is 0 Å². The van der Waals surface area contributed by atoms with Crippen molar-refractivity contribution in [1.29, 1.82) is 0 Å². The van der Waals surface area contributed by atoms with E-state index in [0.29, 0.717) is 6.54 Å². The molecule has 98 valence electrons. The maximum absolute atomic E-state index is 12.4. The molecule has 1 aliphatic heterocycles. The molecule has 6 heteroatoms. The van der Waals surface area contributed by atoms with Crippen LogP contribution in [0.4, 0.5) is 5.82 Å². The lowest BCUT2D eigenvalue weighted by atomic mass is 10.0. The second-order valence-corrected chi connectivity index (χ2v) is 4.80. The van der Waals surface area contributed by atoms with E-state index in [1.54, 1.807) is 17.0 Å². The first kappa shape index (κ1) is 13.1. The number of carbonyl (C=O) groups excluding carboxylic acids is 1. The van der Waals surface area contributed by atoms with E-state index in [9.17, 15) is 9.90 Å². The molecule has 2 rings (SSSR count). The van der Waals surface area contributed by atoms with Crippen LogP contribution in [0, 0.1) is 0 Å². The predicted octanol–water partition coefficient (Wildman–Crippen LogP) is 1.30. The standard InChI is InChI=1S/C12H16ClN3O2/c13-9-4-5-10(14)15-11(9)12(18)16-6-2-1-3-8(16)7-17/h4-5,8,17H,1-3,6-7H2,(H2,14,15). The molecule has 0 saturated carbocycles. The Kier molecular flexibility index (Phi) is 4.04. The van der Waals surface area contributed by atoms with E-state index >= 15 is 0 Å². The molecule has 0 aromatic carbocycles. The highest BCUT2D eigenvalue weighted by molar-refractivity contribution is 6.33. The normalized spacial score (nSPS) is 19.9. The summed E-state index contributed by atoms with van der Waals surface area (Å²) in [5.74, 6) is 0.00589. The number of aliphatic hydroxyl groups excluding tert-OH is 1. The van der Waals surface area contributed by atoms with Gasteiger partial charge >= 0.3 is 0 Å². The molecule has 1 aromatic rings. The average Bonchev–Trinajstić information content (AvgIpc) is 2.40. The first-order valence-corrected chi connectivity index (χ1v) is 6.35. The van der Waals surface area contributed by atoms with Crippen molar-refractivity contribution in [3.8, 4) is 0 Å². The molecule has 1 aromatic heterocycles. The molecule has 18 heavy (non-hydrogen) atoms. The van der Waals surface area contributed by atoms with Crippen molar-refractivity contribution >= 4 is 23.3 Å². The van der Waals surface area contributed by atoms with Crippen LogP contribution in [-0.4, -0.2) is 40.1 Å². The number of aliphatic hydroxyl groups is 1. The number of pyridine rings is 1. The molecule has 1 aliphatic rings. The zero-order valence-electron chi connectivity index (χ0n) is 9.97. The van der Waals surface area contributed by atoms with Crippen LogP contribution in [0.5, 0.6) is 0 Å². The number of hydrogen-bond donors (Lipinski definition) is 2. The van der Waals surface area contributed by atoms with Gasteiger partial charge in [0.25, 0.3) is 5.91 Å². The van der Waals surface area contributed by atoms with E-state index in [2.05, 4.69) is 4.98 Å². The number of hydrogen-bond acceptors (Lipinski definition) is 4. The summed E-state index contributed by atoms with van der Waals surface area (Å²) in [4.78, 5) is 18.0. The van der Waals surface area contributed by atoms with Gasteiger partial charge < -0.3 is 15.7 Å². The van der Waals surface area contributed by atoms with Crippen LogP contribution in [0.1, 0.15) is 29.8 Å². The number of piperidine rings is 1. The van der Waals surface area contributed by atoms with Gasteiger partial charge in [-0.05, 0) is 31.4 Å². The van der Waals surface area contributed by atoms with Crippen molar-refractivity contribution in [2.75, 3.05) is 18.9 Å². The van der Waals surface area contributed by atoms with Crippen molar-refractivity contribution < 1.29 is 9.90 Å². The SMILES string of the molecule is Nc1ccc(Cl)c(C(=O)N2CCCCC2CO)n1. The minimum absolute atomic E-state index is 0.0360. The predicted molar refractivity (Wildman–Crippen MR) is 69.4 cm³/mol. The number of rotatable bonds is 2. The molecular formula is C12H16ClN3O2. The molecule has 0 aliphatic carbocycles. The van der Waals surface area contributed by atoms with E-state index in [1.807, 2.05) is 0 Å². The second kappa shape index (κ2) is 5.54. The zero-order chi connectivity index (χ0) is 13.1. The van der Waals surface area contributed by atoms with Gasteiger partial charge in [-0.15, -0.1) is 0 Å². The Hall–Kier alpha value is -1.33. The van der Waals surface area contributed by atoms with Crippen LogP contribution < -0.4 is 5.73 Å². The Morgan fingerprint density at radius 2 is 2.33 bits per heavy atom. The summed E-state index contributed by atoms with van der Waals surface area (Å²) < 4.78 is 0. The van der Waals surface area contributed by atoms with Crippen molar-refractivity contribution in [3.63, 3.8) is 0 Å². The van der Waals surface area contributed by atoms with Crippen LogP contribution in [0.15, 0.2) is 12.1 Å². The molecule has 1 saturated heterocycles. The third-order valence-corrected chi connectivity index (χ3v) is 3.47. The number of nitrogen functional groups attached to an aromatic ring is 1. The maximum atomic E-state index is 12.4. The van der Waals surface area contributed by atoms with Crippen molar-refractivity contribution in [3.05, 3.63) is 22.8 Å². The van der Waals surface area contributed by atoms with Crippen LogP contribution >= 0.6 is 11.6 Å². The van der Waals surface area contributed by atoms with Gasteiger partial charge in [0.1, 0.15) is 11.5 Å². The summed E-state index contributed by atoms with van der Waals surface area (Å²) in [5.41, 5.74) is 5.74. The number of nitrogens with two attached hydrogens (primary N) is 1. The van der Waals surface area contributed by atoms with Gasteiger partial charge in [-0.3, -0.25) is 4.79 Å². The Morgan fingerprint density at radius 3 is 3.06 bits per heavy atom. The van der Waals surface area contributed by atoms with E-state index in [-0.39, 0.29) is 35.1 Å². The number of carbonyl (C=O) groups is 1. The lowest BCUT2D eigenvalue weighted by molar-refractivity contribution is 0.0497. The zero-order valence-corrected chi connectivity index (χ0v) is 10.7. The molecule has 0 bridgehead atoms. The fourth-order valence-corrected chi connectivity index (χ4v) is 2.39. The van der Waals surface area contributed by atoms with E-state index in [4.69, 9.17) is 17.3 Å².